The van der Waals surface area contributed by atoms with E-state index >= 15 is 0 Å². The third-order valence-electron chi connectivity index (χ3n) is 4.72. The minimum absolute atomic E-state index is 0.0196. The Balaban J connectivity index is 1.59. The first-order valence-corrected chi connectivity index (χ1v) is 8.48. The zero-order chi connectivity index (χ0) is 18.7. The van der Waals surface area contributed by atoms with E-state index in [4.69, 9.17) is 0 Å². The maximum absolute atomic E-state index is 13.0. The molecule has 2 N–H and O–H groups in total. The fourth-order valence-corrected chi connectivity index (χ4v) is 3.40. The van der Waals surface area contributed by atoms with E-state index in [1.807, 2.05) is 13.2 Å². The van der Waals surface area contributed by atoms with Gasteiger partial charge in [0.25, 0.3) is 0 Å². The lowest BCUT2D eigenvalue weighted by molar-refractivity contribution is -0.138. The van der Waals surface area contributed by atoms with Crippen LogP contribution in [0.25, 0.3) is 0 Å². The van der Waals surface area contributed by atoms with Crippen molar-refractivity contribution in [1.82, 2.24) is 20.4 Å². The van der Waals surface area contributed by atoms with Gasteiger partial charge in [-0.25, -0.2) is 0 Å². The quantitative estimate of drug-likeness (QED) is 0.852. The number of alkyl halides is 3. The predicted octanol–water partition coefficient (Wildman–Crippen LogP) is 2.10. The van der Waals surface area contributed by atoms with Crippen LogP contribution in [0.2, 0.25) is 0 Å². The maximum atomic E-state index is 13.0. The zero-order valence-electron chi connectivity index (χ0n) is 14.4. The Kier molecular flexibility index (Phi) is 5.31. The molecule has 3 rings (SSSR count). The van der Waals surface area contributed by atoms with E-state index in [9.17, 15) is 18.0 Å². The minimum Gasteiger partial charge on any atom is -0.355 e. The molecule has 2 aromatic rings. The molecule has 2 heterocycles. The summed E-state index contributed by atoms with van der Waals surface area (Å²) in [7, 11) is 1.82. The Bertz CT molecular complexity index is 772. The smallest absolute Gasteiger partial charge is 0.355 e. The van der Waals surface area contributed by atoms with E-state index in [0.717, 1.165) is 11.6 Å². The molecule has 140 valence electrons. The molecule has 0 saturated carbocycles. The molecule has 0 aliphatic carbocycles. The number of nitrogens with one attached hydrogen (secondary N) is 2. The van der Waals surface area contributed by atoms with Crippen LogP contribution in [0.4, 0.5) is 13.2 Å². The number of nitrogens with zero attached hydrogens (tertiary/aromatic N) is 2. The van der Waals surface area contributed by atoms with Crippen LogP contribution in [0.1, 0.15) is 22.6 Å². The van der Waals surface area contributed by atoms with E-state index in [2.05, 4.69) is 15.7 Å². The lowest BCUT2D eigenvalue weighted by atomic mass is 9.90. The van der Waals surface area contributed by atoms with Crippen molar-refractivity contribution in [3.8, 4) is 0 Å². The van der Waals surface area contributed by atoms with Crippen LogP contribution in [-0.4, -0.2) is 35.3 Å². The van der Waals surface area contributed by atoms with Crippen molar-refractivity contribution in [1.29, 1.82) is 0 Å². The summed E-state index contributed by atoms with van der Waals surface area (Å²) in [6.45, 7) is 1.40. The first-order valence-electron chi connectivity index (χ1n) is 8.48. The Labute approximate surface area is 149 Å². The van der Waals surface area contributed by atoms with Gasteiger partial charge in [0.05, 0.1) is 17.7 Å². The number of benzene rings is 1. The Morgan fingerprint density at radius 1 is 1.35 bits per heavy atom. The van der Waals surface area contributed by atoms with Crippen LogP contribution in [0, 0.1) is 5.92 Å². The zero-order valence-corrected chi connectivity index (χ0v) is 14.4. The molecule has 1 aliphatic heterocycles. The molecule has 1 aromatic carbocycles. The number of halogens is 3. The summed E-state index contributed by atoms with van der Waals surface area (Å²) in [5, 5.41) is 10.1. The number of carbonyl (C=O) groups is 1. The van der Waals surface area contributed by atoms with Crippen LogP contribution in [0.5, 0.6) is 0 Å². The van der Waals surface area contributed by atoms with Crippen molar-refractivity contribution in [2.24, 2.45) is 13.0 Å². The van der Waals surface area contributed by atoms with Crippen LogP contribution in [0.3, 0.4) is 0 Å². The third kappa shape index (κ3) is 4.07. The summed E-state index contributed by atoms with van der Waals surface area (Å²) in [4.78, 5) is 12.5. The number of rotatable bonds is 5. The summed E-state index contributed by atoms with van der Waals surface area (Å²) in [6.07, 6.45) is -0.616. The van der Waals surface area contributed by atoms with Gasteiger partial charge in [-0.15, -0.1) is 0 Å². The molecular formula is C18H21F3N4O. The Morgan fingerprint density at radius 3 is 2.81 bits per heavy atom. The molecule has 0 bridgehead atoms. The average molecular weight is 366 g/mol. The fourth-order valence-electron chi connectivity index (χ4n) is 3.40. The van der Waals surface area contributed by atoms with Crippen LogP contribution in [0.15, 0.2) is 36.7 Å². The number of hydrogen-bond acceptors (Lipinski definition) is 3. The summed E-state index contributed by atoms with van der Waals surface area (Å²) in [6, 6.07) is 5.46. The fraction of sp³-hybridized carbons (Fsp3) is 0.444. The summed E-state index contributed by atoms with van der Waals surface area (Å²) >= 11 is 0. The van der Waals surface area contributed by atoms with Crippen molar-refractivity contribution in [2.45, 2.75) is 18.5 Å². The van der Waals surface area contributed by atoms with Crippen molar-refractivity contribution in [3.63, 3.8) is 0 Å². The molecular weight excluding hydrogens is 345 g/mol. The van der Waals surface area contributed by atoms with Gasteiger partial charge in [0, 0.05) is 38.8 Å². The van der Waals surface area contributed by atoms with E-state index < -0.39 is 11.7 Å². The highest BCUT2D eigenvalue weighted by Crippen LogP contribution is 2.32. The molecule has 0 radical (unpaired) electrons. The molecule has 1 aromatic heterocycles. The standard InChI is InChI=1S/C18H21F3N4O/c1-25-11-13(8-24-25)14-9-22-10-15(14)17(26)23-7-6-12-4-2-3-5-16(12)18(19,20)21/h2-5,8,11,14-15,22H,6-7,9-10H2,1H3,(H,23,26)/t14-,15+/m1/s1. The molecule has 8 heteroatoms. The van der Waals surface area contributed by atoms with Gasteiger partial charge in [-0.1, -0.05) is 18.2 Å². The Morgan fingerprint density at radius 2 is 2.12 bits per heavy atom. The van der Waals surface area contributed by atoms with Gasteiger partial charge in [0.2, 0.25) is 5.91 Å². The molecule has 5 nitrogen and oxygen atoms in total. The van der Waals surface area contributed by atoms with E-state index in [1.54, 1.807) is 16.9 Å². The van der Waals surface area contributed by atoms with Gasteiger partial charge in [-0.05, 0) is 23.6 Å². The maximum Gasteiger partial charge on any atom is 0.416 e. The molecule has 1 fully saturated rings. The second-order valence-corrected chi connectivity index (χ2v) is 6.51. The van der Waals surface area contributed by atoms with Crippen LogP contribution in [-0.2, 0) is 24.4 Å². The van der Waals surface area contributed by atoms with E-state index in [1.165, 1.54) is 12.1 Å². The minimum atomic E-state index is -4.39. The number of hydrogen-bond donors (Lipinski definition) is 2. The molecule has 26 heavy (non-hydrogen) atoms. The number of amides is 1. The number of carbonyl (C=O) groups excluding carboxylic acids is 1. The second kappa shape index (κ2) is 7.49. The summed E-state index contributed by atoms with van der Waals surface area (Å²) in [5.74, 6) is -0.378. The highest BCUT2D eigenvalue weighted by Gasteiger charge is 2.35. The molecule has 1 amide bonds. The first-order chi connectivity index (χ1) is 12.4. The average Bonchev–Trinajstić information content (AvgIpc) is 3.22. The van der Waals surface area contributed by atoms with Gasteiger partial charge in [-0.3, -0.25) is 9.48 Å². The first kappa shape index (κ1) is 18.4. The van der Waals surface area contributed by atoms with Gasteiger partial charge in [-0.2, -0.15) is 18.3 Å². The monoisotopic (exact) mass is 366 g/mol. The van der Waals surface area contributed by atoms with E-state index in [-0.39, 0.29) is 36.3 Å². The van der Waals surface area contributed by atoms with Gasteiger partial charge < -0.3 is 10.6 Å². The Hall–Kier alpha value is -2.35. The van der Waals surface area contributed by atoms with Crippen LogP contribution >= 0.6 is 0 Å². The lowest BCUT2D eigenvalue weighted by Crippen LogP contribution is -2.35. The van der Waals surface area contributed by atoms with Crippen molar-refractivity contribution < 1.29 is 18.0 Å². The molecule has 2 atom stereocenters. The van der Waals surface area contributed by atoms with Crippen molar-refractivity contribution >= 4 is 5.91 Å². The number of aromatic nitrogens is 2. The lowest BCUT2D eigenvalue weighted by Gasteiger charge is -2.17. The third-order valence-corrected chi connectivity index (χ3v) is 4.72. The van der Waals surface area contributed by atoms with E-state index in [0.29, 0.717) is 13.1 Å². The normalized spacial score (nSPS) is 20.3. The van der Waals surface area contributed by atoms with Gasteiger partial charge in [0.15, 0.2) is 0 Å². The van der Waals surface area contributed by atoms with Gasteiger partial charge in [0.1, 0.15) is 0 Å². The topological polar surface area (TPSA) is 59.0 Å². The molecule has 1 aliphatic rings. The SMILES string of the molecule is Cn1cc([C@H]2CNC[C@@H]2C(=O)NCCc2ccccc2C(F)(F)F)cn1. The molecule has 1 saturated heterocycles. The van der Waals surface area contributed by atoms with Crippen molar-refractivity contribution in [2.75, 3.05) is 19.6 Å². The highest BCUT2D eigenvalue weighted by molar-refractivity contribution is 5.80. The largest absolute Gasteiger partial charge is 0.416 e. The van der Waals surface area contributed by atoms with Gasteiger partial charge >= 0.3 is 6.18 Å². The summed E-state index contributed by atoms with van der Waals surface area (Å²) < 4.78 is 40.7. The highest BCUT2D eigenvalue weighted by atomic mass is 19.4. The molecule has 0 spiro atoms. The summed E-state index contributed by atoms with van der Waals surface area (Å²) in [5.41, 5.74) is 0.527. The number of aryl methyl sites for hydroxylation is 1. The molecule has 0 unspecified atom stereocenters. The van der Waals surface area contributed by atoms with Crippen molar-refractivity contribution in [3.05, 3.63) is 53.3 Å². The van der Waals surface area contributed by atoms with Crippen LogP contribution < -0.4 is 10.6 Å². The second-order valence-electron chi connectivity index (χ2n) is 6.51. The predicted molar refractivity (Wildman–Crippen MR) is 90.5 cm³/mol.